The standard InChI is InChI=1S/C20H27N3O4S/c1-5-19(16-11-13-18(27-4)14-12-16)21-20(24)15-23(28(25,26)22(2)3)17-9-7-6-8-10-17/h6-14,19H,5,15H2,1-4H3,(H,21,24)/t19-/m0/s1. The fourth-order valence-electron chi connectivity index (χ4n) is 2.73. The van der Waals surface area contributed by atoms with Crippen molar-refractivity contribution in [3.05, 3.63) is 60.2 Å². The normalized spacial score (nSPS) is 12.5. The van der Waals surface area contributed by atoms with Crippen molar-refractivity contribution in [2.45, 2.75) is 19.4 Å². The molecule has 28 heavy (non-hydrogen) atoms. The van der Waals surface area contributed by atoms with Crippen molar-refractivity contribution in [3.8, 4) is 5.75 Å². The van der Waals surface area contributed by atoms with Gasteiger partial charge in [-0.2, -0.15) is 12.7 Å². The molecular weight excluding hydrogens is 378 g/mol. The van der Waals surface area contributed by atoms with Gasteiger partial charge in [0.05, 0.1) is 18.8 Å². The molecule has 7 nitrogen and oxygen atoms in total. The predicted octanol–water partition coefficient (Wildman–Crippen LogP) is 2.58. The van der Waals surface area contributed by atoms with Gasteiger partial charge in [0.15, 0.2) is 0 Å². The van der Waals surface area contributed by atoms with Crippen LogP contribution in [0.2, 0.25) is 0 Å². The van der Waals surface area contributed by atoms with Crippen LogP contribution in [0.4, 0.5) is 5.69 Å². The molecule has 1 amide bonds. The van der Waals surface area contributed by atoms with E-state index >= 15 is 0 Å². The van der Waals surface area contributed by atoms with E-state index in [0.717, 1.165) is 19.9 Å². The highest BCUT2D eigenvalue weighted by Crippen LogP contribution is 2.21. The Hall–Kier alpha value is -2.58. The maximum absolute atomic E-state index is 12.7. The Bertz CT molecular complexity index is 868. The fraction of sp³-hybridized carbons (Fsp3) is 0.350. The highest BCUT2D eigenvalue weighted by Gasteiger charge is 2.27. The van der Waals surface area contributed by atoms with Gasteiger partial charge in [-0.15, -0.1) is 0 Å². The van der Waals surface area contributed by atoms with E-state index in [1.807, 2.05) is 31.2 Å². The smallest absolute Gasteiger partial charge is 0.304 e. The second kappa shape index (κ2) is 9.57. The lowest BCUT2D eigenvalue weighted by Gasteiger charge is -2.28. The van der Waals surface area contributed by atoms with Crippen LogP contribution >= 0.6 is 0 Å². The molecule has 2 aromatic carbocycles. The van der Waals surface area contributed by atoms with E-state index in [9.17, 15) is 13.2 Å². The minimum Gasteiger partial charge on any atom is -0.497 e. The number of para-hydroxylation sites is 1. The predicted molar refractivity (Wildman–Crippen MR) is 111 cm³/mol. The van der Waals surface area contributed by atoms with Gasteiger partial charge in [0.25, 0.3) is 0 Å². The fourth-order valence-corrected chi connectivity index (χ4v) is 3.79. The van der Waals surface area contributed by atoms with Crippen molar-refractivity contribution in [3.63, 3.8) is 0 Å². The maximum atomic E-state index is 12.7. The van der Waals surface area contributed by atoms with Gasteiger partial charge in [0.1, 0.15) is 12.3 Å². The third kappa shape index (κ3) is 5.24. The molecule has 0 spiro atoms. The van der Waals surface area contributed by atoms with Crippen LogP contribution in [0, 0.1) is 0 Å². The monoisotopic (exact) mass is 405 g/mol. The molecule has 0 bridgehead atoms. The van der Waals surface area contributed by atoms with Crippen LogP contribution in [0.3, 0.4) is 0 Å². The first-order valence-corrected chi connectivity index (χ1v) is 10.4. The van der Waals surface area contributed by atoms with Gasteiger partial charge in [-0.3, -0.25) is 4.79 Å². The molecule has 0 radical (unpaired) electrons. The van der Waals surface area contributed by atoms with Gasteiger partial charge in [-0.25, -0.2) is 4.31 Å². The molecular formula is C20H27N3O4S. The van der Waals surface area contributed by atoms with Crippen LogP contribution in [-0.4, -0.2) is 46.4 Å². The third-order valence-corrected chi connectivity index (χ3v) is 6.15. The molecule has 152 valence electrons. The van der Waals surface area contributed by atoms with Crippen LogP contribution in [0.5, 0.6) is 5.75 Å². The lowest BCUT2D eigenvalue weighted by atomic mass is 10.0. The molecule has 1 N–H and O–H groups in total. The van der Waals surface area contributed by atoms with Gasteiger partial charge in [-0.05, 0) is 36.2 Å². The highest BCUT2D eigenvalue weighted by atomic mass is 32.2. The van der Waals surface area contributed by atoms with E-state index in [4.69, 9.17) is 4.74 Å². The summed E-state index contributed by atoms with van der Waals surface area (Å²) in [7, 11) is 0.660. The highest BCUT2D eigenvalue weighted by molar-refractivity contribution is 7.90. The summed E-state index contributed by atoms with van der Waals surface area (Å²) >= 11 is 0. The SMILES string of the molecule is CC[C@H](NC(=O)CN(c1ccccc1)S(=O)(=O)N(C)C)c1ccc(OC)cc1. The van der Waals surface area contributed by atoms with Crippen LogP contribution < -0.4 is 14.4 Å². The molecule has 0 heterocycles. The molecule has 0 saturated heterocycles. The molecule has 0 unspecified atom stereocenters. The molecule has 0 saturated carbocycles. The second-order valence-corrected chi connectivity index (χ2v) is 8.50. The van der Waals surface area contributed by atoms with Crippen molar-refractivity contribution < 1.29 is 17.9 Å². The van der Waals surface area contributed by atoms with Crippen molar-refractivity contribution in [2.24, 2.45) is 0 Å². The Kier molecular flexibility index (Phi) is 7.42. The van der Waals surface area contributed by atoms with Crippen LogP contribution in [-0.2, 0) is 15.0 Å². The van der Waals surface area contributed by atoms with Crippen molar-refractivity contribution >= 4 is 21.8 Å². The number of carbonyl (C=O) groups is 1. The topological polar surface area (TPSA) is 79.0 Å². The average molecular weight is 406 g/mol. The van der Waals surface area contributed by atoms with E-state index < -0.39 is 10.2 Å². The van der Waals surface area contributed by atoms with Crippen molar-refractivity contribution in [2.75, 3.05) is 32.1 Å². The first-order valence-electron chi connectivity index (χ1n) is 8.98. The van der Waals surface area contributed by atoms with E-state index in [0.29, 0.717) is 12.1 Å². The number of hydrogen-bond acceptors (Lipinski definition) is 4. The number of nitrogens with one attached hydrogen (secondary N) is 1. The molecule has 8 heteroatoms. The lowest BCUT2D eigenvalue weighted by molar-refractivity contribution is -0.120. The largest absolute Gasteiger partial charge is 0.497 e. The zero-order valence-corrected chi connectivity index (χ0v) is 17.4. The van der Waals surface area contributed by atoms with Gasteiger partial charge in [0.2, 0.25) is 5.91 Å². The number of hydrogen-bond donors (Lipinski definition) is 1. The van der Waals surface area contributed by atoms with Crippen molar-refractivity contribution in [1.82, 2.24) is 9.62 Å². The first kappa shape index (κ1) is 21.7. The Morgan fingerprint density at radius 3 is 2.18 bits per heavy atom. The van der Waals surface area contributed by atoms with Crippen LogP contribution in [0.1, 0.15) is 24.9 Å². The zero-order valence-electron chi connectivity index (χ0n) is 16.6. The number of ether oxygens (including phenoxy) is 1. The number of anilines is 1. The number of methoxy groups -OCH3 is 1. The Balaban J connectivity index is 2.20. The zero-order chi connectivity index (χ0) is 20.7. The van der Waals surface area contributed by atoms with E-state index in [1.165, 1.54) is 14.1 Å². The minimum atomic E-state index is -3.81. The van der Waals surface area contributed by atoms with E-state index in [2.05, 4.69) is 5.32 Å². The number of rotatable bonds is 9. The average Bonchev–Trinajstić information content (AvgIpc) is 2.70. The van der Waals surface area contributed by atoms with Gasteiger partial charge in [0, 0.05) is 14.1 Å². The molecule has 0 aliphatic rings. The molecule has 2 aromatic rings. The summed E-state index contributed by atoms with van der Waals surface area (Å²) in [5.41, 5.74) is 1.36. The summed E-state index contributed by atoms with van der Waals surface area (Å²) in [6, 6.07) is 15.8. The molecule has 0 aliphatic carbocycles. The second-order valence-electron chi connectivity index (χ2n) is 6.43. The summed E-state index contributed by atoms with van der Waals surface area (Å²) in [4.78, 5) is 12.7. The summed E-state index contributed by atoms with van der Waals surface area (Å²) < 4.78 is 32.8. The number of nitrogens with zero attached hydrogens (tertiary/aromatic N) is 2. The summed E-state index contributed by atoms with van der Waals surface area (Å²) in [6.07, 6.45) is 0.670. The molecule has 0 aliphatic heterocycles. The molecule has 2 rings (SSSR count). The molecule has 0 aromatic heterocycles. The van der Waals surface area contributed by atoms with Gasteiger partial charge < -0.3 is 10.1 Å². The molecule has 0 fully saturated rings. The van der Waals surface area contributed by atoms with Crippen LogP contribution in [0.15, 0.2) is 54.6 Å². The number of carbonyl (C=O) groups excluding carboxylic acids is 1. The van der Waals surface area contributed by atoms with Crippen LogP contribution in [0.25, 0.3) is 0 Å². The lowest BCUT2D eigenvalue weighted by Crippen LogP contribution is -2.46. The summed E-state index contributed by atoms with van der Waals surface area (Å²) in [5, 5.41) is 2.93. The van der Waals surface area contributed by atoms with Gasteiger partial charge in [-0.1, -0.05) is 37.3 Å². The van der Waals surface area contributed by atoms with Gasteiger partial charge >= 0.3 is 10.2 Å². The summed E-state index contributed by atoms with van der Waals surface area (Å²) in [6.45, 7) is 1.65. The Morgan fingerprint density at radius 1 is 1.07 bits per heavy atom. The Morgan fingerprint density at radius 2 is 1.68 bits per heavy atom. The Labute approximate surface area is 167 Å². The first-order chi connectivity index (χ1) is 13.3. The third-order valence-electron chi connectivity index (χ3n) is 4.33. The minimum absolute atomic E-state index is 0.224. The molecule has 1 atom stereocenters. The maximum Gasteiger partial charge on any atom is 0.304 e. The quantitative estimate of drug-likeness (QED) is 0.695. The van der Waals surface area contributed by atoms with E-state index in [-0.39, 0.29) is 18.5 Å². The number of amides is 1. The summed E-state index contributed by atoms with van der Waals surface area (Å²) in [5.74, 6) is 0.356. The van der Waals surface area contributed by atoms with Crippen molar-refractivity contribution in [1.29, 1.82) is 0 Å². The number of benzene rings is 2. The van der Waals surface area contributed by atoms with E-state index in [1.54, 1.807) is 37.4 Å².